The molecule has 0 aromatic carbocycles. The first-order valence-corrected chi connectivity index (χ1v) is 5.95. The molecule has 20 heavy (non-hydrogen) atoms. The molecule has 0 radical (unpaired) electrons. The van der Waals surface area contributed by atoms with Crippen LogP contribution >= 0.6 is 0 Å². The van der Waals surface area contributed by atoms with Gasteiger partial charge in [-0.2, -0.15) is 10.2 Å². The van der Waals surface area contributed by atoms with Crippen LogP contribution in [0.25, 0.3) is 0 Å². The van der Waals surface area contributed by atoms with E-state index < -0.39 is 5.97 Å². The van der Waals surface area contributed by atoms with E-state index in [1.54, 1.807) is 25.0 Å². The Kier molecular flexibility index (Phi) is 3.83. The normalized spacial score (nSPS) is 10.5. The molecule has 0 fully saturated rings. The lowest BCUT2D eigenvalue weighted by atomic mass is 10.3. The van der Waals surface area contributed by atoms with Crippen molar-refractivity contribution in [2.75, 3.05) is 7.05 Å². The van der Waals surface area contributed by atoms with Crippen molar-refractivity contribution in [3.63, 3.8) is 0 Å². The predicted octanol–water partition coefficient (Wildman–Crippen LogP) is -0.0266. The van der Waals surface area contributed by atoms with Gasteiger partial charge >= 0.3 is 5.97 Å². The van der Waals surface area contributed by atoms with Crippen LogP contribution in [0, 0.1) is 0 Å². The van der Waals surface area contributed by atoms with Crippen molar-refractivity contribution in [1.82, 2.24) is 24.5 Å². The van der Waals surface area contributed by atoms with Crippen LogP contribution in [0.2, 0.25) is 0 Å². The molecule has 8 nitrogen and oxygen atoms in total. The molecule has 0 aliphatic heterocycles. The Labute approximate surface area is 115 Å². The highest BCUT2D eigenvalue weighted by Gasteiger charge is 2.16. The van der Waals surface area contributed by atoms with Gasteiger partial charge in [-0.1, -0.05) is 0 Å². The van der Waals surface area contributed by atoms with E-state index in [4.69, 9.17) is 5.11 Å². The van der Waals surface area contributed by atoms with Crippen LogP contribution in [-0.4, -0.2) is 48.5 Å². The molecule has 2 aromatic heterocycles. The number of aryl methyl sites for hydroxylation is 1. The smallest absolute Gasteiger partial charge is 0.325 e. The van der Waals surface area contributed by atoms with Gasteiger partial charge in [0.15, 0.2) is 0 Å². The number of carbonyl (C=O) groups excluding carboxylic acids is 1. The van der Waals surface area contributed by atoms with Gasteiger partial charge in [-0.3, -0.25) is 19.0 Å². The maximum atomic E-state index is 12.2. The van der Waals surface area contributed by atoms with Gasteiger partial charge in [0.1, 0.15) is 12.2 Å². The molecule has 0 aliphatic rings. The Morgan fingerprint density at radius 3 is 2.75 bits per heavy atom. The van der Waals surface area contributed by atoms with E-state index in [2.05, 4.69) is 10.2 Å². The number of hydrogen-bond donors (Lipinski definition) is 1. The summed E-state index contributed by atoms with van der Waals surface area (Å²) in [7, 11) is 3.46. The van der Waals surface area contributed by atoms with Crippen molar-refractivity contribution in [2.45, 2.75) is 13.1 Å². The van der Waals surface area contributed by atoms with E-state index in [0.29, 0.717) is 6.54 Å². The summed E-state index contributed by atoms with van der Waals surface area (Å²) < 4.78 is 2.90. The molecule has 1 amide bonds. The lowest BCUT2D eigenvalue weighted by Crippen LogP contribution is -2.27. The van der Waals surface area contributed by atoms with Crippen LogP contribution in [0.5, 0.6) is 0 Å². The van der Waals surface area contributed by atoms with Gasteiger partial charge in [-0.25, -0.2) is 0 Å². The summed E-state index contributed by atoms with van der Waals surface area (Å²) in [5.41, 5.74) is 1.11. The van der Waals surface area contributed by atoms with E-state index in [1.165, 1.54) is 21.8 Å². The van der Waals surface area contributed by atoms with Crippen LogP contribution < -0.4 is 0 Å². The van der Waals surface area contributed by atoms with Gasteiger partial charge in [0.25, 0.3) is 5.91 Å². The molecule has 0 unspecified atom stereocenters. The third-order valence-electron chi connectivity index (χ3n) is 2.83. The molecule has 2 aromatic rings. The fourth-order valence-corrected chi connectivity index (χ4v) is 1.77. The Balaban J connectivity index is 2.05. The second-order valence-corrected chi connectivity index (χ2v) is 4.40. The number of carboxylic acid groups (broad SMARTS) is 1. The lowest BCUT2D eigenvalue weighted by Gasteiger charge is -2.15. The summed E-state index contributed by atoms with van der Waals surface area (Å²) >= 11 is 0. The number of carbonyl (C=O) groups is 2. The van der Waals surface area contributed by atoms with Crippen molar-refractivity contribution < 1.29 is 14.7 Å². The molecule has 0 atom stereocenters. The second-order valence-electron chi connectivity index (χ2n) is 4.40. The number of nitrogens with zero attached hydrogens (tertiary/aromatic N) is 5. The molecule has 0 spiro atoms. The number of aliphatic carboxylic acids is 1. The molecule has 0 saturated carbocycles. The summed E-state index contributed by atoms with van der Waals surface area (Å²) in [5.74, 6) is -1.27. The standard InChI is InChI=1S/C12H15N5O3/c1-15(7-9-3-5-13-16(9)2)12(20)10-4-6-17(14-10)8-11(18)19/h3-6H,7-8H2,1-2H3,(H,18,19). The highest BCUT2D eigenvalue weighted by Crippen LogP contribution is 2.06. The van der Waals surface area contributed by atoms with Crippen LogP contribution in [0.3, 0.4) is 0 Å². The minimum absolute atomic E-state index is 0.218. The average Bonchev–Trinajstić information content (AvgIpc) is 2.98. The van der Waals surface area contributed by atoms with Crippen molar-refractivity contribution in [2.24, 2.45) is 7.05 Å². The molecule has 0 aliphatic carbocycles. The van der Waals surface area contributed by atoms with E-state index >= 15 is 0 Å². The van der Waals surface area contributed by atoms with Gasteiger partial charge in [0.2, 0.25) is 0 Å². The van der Waals surface area contributed by atoms with E-state index in [9.17, 15) is 9.59 Å². The first kappa shape index (κ1) is 13.8. The summed E-state index contributed by atoms with van der Waals surface area (Å²) in [4.78, 5) is 24.2. The van der Waals surface area contributed by atoms with Gasteiger partial charge < -0.3 is 10.0 Å². The van der Waals surface area contributed by atoms with Crippen molar-refractivity contribution in [3.05, 3.63) is 35.9 Å². The number of aromatic nitrogens is 4. The molecule has 8 heteroatoms. The van der Waals surface area contributed by atoms with E-state index in [1.807, 2.05) is 6.07 Å². The molecule has 0 saturated heterocycles. The Morgan fingerprint density at radius 1 is 1.40 bits per heavy atom. The Morgan fingerprint density at radius 2 is 2.15 bits per heavy atom. The zero-order valence-electron chi connectivity index (χ0n) is 11.2. The van der Waals surface area contributed by atoms with Crippen molar-refractivity contribution >= 4 is 11.9 Å². The molecule has 0 bridgehead atoms. The quantitative estimate of drug-likeness (QED) is 0.828. The number of carboxylic acids is 1. The minimum atomic E-state index is -1.00. The highest BCUT2D eigenvalue weighted by molar-refractivity contribution is 5.92. The maximum absolute atomic E-state index is 12.2. The zero-order valence-corrected chi connectivity index (χ0v) is 11.2. The molecule has 2 heterocycles. The fourth-order valence-electron chi connectivity index (χ4n) is 1.77. The first-order chi connectivity index (χ1) is 9.47. The van der Waals surface area contributed by atoms with E-state index in [0.717, 1.165) is 5.69 Å². The van der Waals surface area contributed by atoms with Crippen LogP contribution in [-0.2, 0) is 24.9 Å². The molecule has 106 valence electrons. The van der Waals surface area contributed by atoms with E-state index in [-0.39, 0.29) is 18.1 Å². The lowest BCUT2D eigenvalue weighted by molar-refractivity contribution is -0.137. The monoisotopic (exact) mass is 277 g/mol. The maximum Gasteiger partial charge on any atom is 0.325 e. The largest absolute Gasteiger partial charge is 0.480 e. The van der Waals surface area contributed by atoms with Crippen LogP contribution in [0.1, 0.15) is 16.2 Å². The Hall–Kier alpha value is -2.64. The SMILES string of the molecule is CN(Cc1ccnn1C)C(=O)c1ccn(CC(=O)O)n1. The molecule has 2 rings (SSSR count). The second kappa shape index (κ2) is 5.55. The number of hydrogen-bond acceptors (Lipinski definition) is 4. The molecular weight excluding hydrogens is 262 g/mol. The summed E-state index contributed by atoms with van der Waals surface area (Å²) in [5, 5.41) is 16.6. The summed E-state index contributed by atoms with van der Waals surface area (Å²) in [6.45, 7) is 0.139. The van der Waals surface area contributed by atoms with Gasteiger partial charge in [0, 0.05) is 26.5 Å². The number of amides is 1. The average molecular weight is 277 g/mol. The fraction of sp³-hybridized carbons (Fsp3) is 0.333. The summed E-state index contributed by atoms with van der Waals surface area (Å²) in [6.07, 6.45) is 3.13. The zero-order chi connectivity index (χ0) is 14.7. The minimum Gasteiger partial charge on any atom is -0.480 e. The van der Waals surface area contributed by atoms with Crippen molar-refractivity contribution in [1.29, 1.82) is 0 Å². The van der Waals surface area contributed by atoms with Gasteiger partial charge in [-0.15, -0.1) is 0 Å². The highest BCUT2D eigenvalue weighted by atomic mass is 16.4. The number of rotatable bonds is 5. The third-order valence-corrected chi connectivity index (χ3v) is 2.83. The van der Waals surface area contributed by atoms with Gasteiger partial charge in [0.05, 0.1) is 12.2 Å². The van der Waals surface area contributed by atoms with Crippen LogP contribution in [0.15, 0.2) is 24.5 Å². The van der Waals surface area contributed by atoms with Gasteiger partial charge in [-0.05, 0) is 12.1 Å². The molecular formula is C12H15N5O3. The topological polar surface area (TPSA) is 93.2 Å². The third kappa shape index (κ3) is 3.02. The van der Waals surface area contributed by atoms with Crippen molar-refractivity contribution in [3.8, 4) is 0 Å². The molecule has 1 N–H and O–H groups in total. The van der Waals surface area contributed by atoms with Crippen LogP contribution in [0.4, 0.5) is 0 Å². The Bertz CT molecular complexity index is 631. The first-order valence-electron chi connectivity index (χ1n) is 5.95. The summed E-state index contributed by atoms with van der Waals surface area (Å²) in [6, 6.07) is 3.33. The predicted molar refractivity (Wildman–Crippen MR) is 68.9 cm³/mol.